The molecule has 6 nitrogen and oxygen atoms in total. The number of likely N-dealkylation sites (tertiary alicyclic amines) is 1. The molecule has 0 spiro atoms. The predicted molar refractivity (Wildman–Crippen MR) is 94.4 cm³/mol. The van der Waals surface area contributed by atoms with E-state index in [0.717, 1.165) is 12.8 Å². The molecule has 1 aromatic carbocycles. The fourth-order valence-electron chi connectivity index (χ4n) is 3.34. The van der Waals surface area contributed by atoms with Crippen LogP contribution in [0, 0.1) is 17.7 Å². The van der Waals surface area contributed by atoms with E-state index >= 15 is 0 Å². The van der Waals surface area contributed by atoms with Crippen LogP contribution in [0.15, 0.2) is 27.8 Å². The highest BCUT2D eigenvalue weighted by molar-refractivity contribution is 9.10. The van der Waals surface area contributed by atoms with Crippen LogP contribution < -0.4 is 10.3 Å². The highest BCUT2D eigenvalue weighted by Crippen LogP contribution is 2.35. The van der Waals surface area contributed by atoms with E-state index in [-0.39, 0.29) is 17.7 Å². The minimum absolute atomic E-state index is 0.235. The Kier molecular flexibility index (Phi) is 4.23. The third kappa shape index (κ3) is 3.15. The van der Waals surface area contributed by atoms with Crippen LogP contribution in [0.4, 0.5) is 10.1 Å². The largest absolute Gasteiger partial charge is 0.342 e. The van der Waals surface area contributed by atoms with Crippen molar-refractivity contribution in [3.8, 4) is 0 Å². The van der Waals surface area contributed by atoms with Gasteiger partial charge in [0, 0.05) is 35.8 Å². The molecule has 1 aliphatic carbocycles. The van der Waals surface area contributed by atoms with Gasteiger partial charge in [0.15, 0.2) is 12.5 Å². The van der Waals surface area contributed by atoms with Crippen molar-refractivity contribution in [3.63, 3.8) is 0 Å². The van der Waals surface area contributed by atoms with Crippen LogP contribution >= 0.6 is 15.9 Å². The average molecular weight is 409 g/mol. The first-order chi connectivity index (χ1) is 12.1. The Bertz CT molecular complexity index is 746. The summed E-state index contributed by atoms with van der Waals surface area (Å²) in [6.45, 7) is 1.41. The normalized spacial score (nSPS) is 23.1. The van der Waals surface area contributed by atoms with Crippen molar-refractivity contribution in [2.24, 2.45) is 16.9 Å². The zero-order valence-electron chi connectivity index (χ0n) is 13.5. The Morgan fingerprint density at radius 2 is 2.16 bits per heavy atom. The Labute approximate surface area is 153 Å². The van der Waals surface area contributed by atoms with Gasteiger partial charge in [0.25, 0.3) is 0 Å². The number of benzene rings is 1. The van der Waals surface area contributed by atoms with Gasteiger partial charge in [0.2, 0.25) is 5.91 Å². The van der Waals surface area contributed by atoms with E-state index < -0.39 is 12.0 Å². The summed E-state index contributed by atoms with van der Waals surface area (Å²) in [4.78, 5) is 26.8. The molecule has 25 heavy (non-hydrogen) atoms. The second-order valence-corrected chi connectivity index (χ2v) is 7.71. The summed E-state index contributed by atoms with van der Waals surface area (Å²) in [6, 6.07) is 4.73. The van der Waals surface area contributed by atoms with Crippen LogP contribution in [-0.4, -0.2) is 42.2 Å². The number of amides is 1. The molecular formula is C17H18BrFN4O2. The molecule has 1 saturated heterocycles. The summed E-state index contributed by atoms with van der Waals surface area (Å²) in [5.74, 6) is 0.983. The van der Waals surface area contributed by atoms with Crippen LogP contribution in [0.1, 0.15) is 19.3 Å². The van der Waals surface area contributed by atoms with E-state index in [1.54, 1.807) is 17.0 Å². The SMILES string of the molecule is O=CC1NN=C(CC2CN(C(=O)C3CC3)C2)N1c1ccc(Br)cc1F. The molecule has 4 rings (SSSR count). The molecule has 1 unspecified atom stereocenters. The molecule has 3 aliphatic rings. The second kappa shape index (κ2) is 6.40. The number of carbonyl (C=O) groups is 2. The van der Waals surface area contributed by atoms with E-state index in [0.29, 0.717) is 41.8 Å². The smallest absolute Gasteiger partial charge is 0.225 e. The molecule has 1 N–H and O–H groups in total. The van der Waals surface area contributed by atoms with Gasteiger partial charge in [-0.2, -0.15) is 5.10 Å². The molecular weight excluding hydrogens is 391 g/mol. The zero-order valence-corrected chi connectivity index (χ0v) is 15.1. The van der Waals surface area contributed by atoms with Crippen molar-refractivity contribution in [2.45, 2.75) is 25.4 Å². The summed E-state index contributed by atoms with van der Waals surface area (Å²) < 4.78 is 15.0. The maximum Gasteiger partial charge on any atom is 0.225 e. The molecule has 0 aromatic heterocycles. The number of amidine groups is 1. The number of hydrogen-bond donors (Lipinski definition) is 1. The van der Waals surface area contributed by atoms with Crippen molar-refractivity contribution in [1.29, 1.82) is 0 Å². The third-order valence-corrected chi connectivity index (χ3v) is 5.34. The Hall–Kier alpha value is -1.96. The number of carbonyl (C=O) groups excluding carboxylic acids is 2. The lowest BCUT2D eigenvalue weighted by Gasteiger charge is -2.40. The van der Waals surface area contributed by atoms with Gasteiger partial charge < -0.3 is 4.90 Å². The summed E-state index contributed by atoms with van der Waals surface area (Å²) in [5, 5.41) is 4.23. The topological polar surface area (TPSA) is 65.0 Å². The van der Waals surface area contributed by atoms with Gasteiger partial charge in [0.05, 0.1) is 5.69 Å². The zero-order chi connectivity index (χ0) is 17.6. The standard InChI is InChI=1S/C17H18BrFN4O2/c18-12-3-4-14(13(19)6-12)23-15(20-21-16(23)9-24)5-10-7-22(8-10)17(25)11-1-2-11/h3-4,6,9-11,16,21H,1-2,5,7-8H2. The van der Waals surface area contributed by atoms with Crippen LogP contribution in [0.2, 0.25) is 0 Å². The van der Waals surface area contributed by atoms with Crippen LogP contribution in [0.3, 0.4) is 0 Å². The second-order valence-electron chi connectivity index (χ2n) is 6.79. The molecule has 132 valence electrons. The van der Waals surface area contributed by atoms with Crippen LogP contribution in [-0.2, 0) is 9.59 Å². The first-order valence-corrected chi connectivity index (χ1v) is 9.16. The lowest BCUT2D eigenvalue weighted by atomic mass is 9.94. The number of hydrogen-bond acceptors (Lipinski definition) is 5. The van der Waals surface area contributed by atoms with E-state index in [4.69, 9.17) is 0 Å². The number of hydrazone groups is 1. The first-order valence-electron chi connectivity index (χ1n) is 8.37. The summed E-state index contributed by atoms with van der Waals surface area (Å²) in [7, 11) is 0. The molecule has 1 amide bonds. The predicted octanol–water partition coefficient (Wildman–Crippen LogP) is 2.09. The number of nitrogens with zero attached hydrogens (tertiary/aromatic N) is 3. The highest BCUT2D eigenvalue weighted by Gasteiger charge is 2.41. The highest BCUT2D eigenvalue weighted by atomic mass is 79.9. The number of aldehydes is 1. The maximum atomic E-state index is 14.4. The molecule has 2 aliphatic heterocycles. The molecule has 1 atom stereocenters. The van der Waals surface area contributed by atoms with E-state index in [1.807, 2.05) is 4.90 Å². The Balaban J connectivity index is 1.45. The molecule has 1 saturated carbocycles. The van der Waals surface area contributed by atoms with Crippen molar-refractivity contribution in [2.75, 3.05) is 18.0 Å². The number of anilines is 1. The average Bonchev–Trinajstić information content (AvgIpc) is 3.32. The van der Waals surface area contributed by atoms with Crippen molar-refractivity contribution in [1.82, 2.24) is 10.3 Å². The number of rotatable bonds is 5. The minimum Gasteiger partial charge on any atom is -0.342 e. The van der Waals surface area contributed by atoms with Gasteiger partial charge in [-0.05, 0) is 31.0 Å². The maximum absolute atomic E-state index is 14.4. The summed E-state index contributed by atoms with van der Waals surface area (Å²) in [6.07, 6.45) is 2.61. The minimum atomic E-state index is -0.713. The third-order valence-electron chi connectivity index (χ3n) is 4.85. The Morgan fingerprint density at radius 3 is 2.80 bits per heavy atom. The van der Waals surface area contributed by atoms with Crippen LogP contribution in [0.5, 0.6) is 0 Å². The van der Waals surface area contributed by atoms with Gasteiger partial charge >= 0.3 is 0 Å². The fraction of sp³-hybridized carbons (Fsp3) is 0.471. The van der Waals surface area contributed by atoms with E-state index in [9.17, 15) is 14.0 Å². The van der Waals surface area contributed by atoms with Gasteiger partial charge in [-0.1, -0.05) is 15.9 Å². The molecule has 2 fully saturated rings. The molecule has 2 heterocycles. The number of halogens is 2. The number of nitrogens with one attached hydrogen (secondary N) is 1. The van der Waals surface area contributed by atoms with Gasteiger partial charge in [-0.25, -0.2) is 4.39 Å². The van der Waals surface area contributed by atoms with Crippen molar-refractivity contribution >= 4 is 39.6 Å². The molecule has 0 bridgehead atoms. The van der Waals surface area contributed by atoms with Gasteiger partial charge in [0.1, 0.15) is 11.7 Å². The lowest BCUT2D eigenvalue weighted by molar-refractivity contribution is -0.138. The summed E-state index contributed by atoms with van der Waals surface area (Å²) >= 11 is 3.24. The fourth-order valence-corrected chi connectivity index (χ4v) is 3.67. The van der Waals surface area contributed by atoms with E-state index in [2.05, 4.69) is 26.5 Å². The molecule has 0 radical (unpaired) electrons. The monoisotopic (exact) mass is 408 g/mol. The van der Waals surface area contributed by atoms with Crippen molar-refractivity contribution < 1.29 is 14.0 Å². The van der Waals surface area contributed by atoms with E-state index in [1.165, 1.54) is 6.07 Å². The van der Waals surface area contributed by atoms with Crippen LogP contribution in [0.25, 0.3) is 0 Å². The van der Waals surface area contributed by atoms with Crippen molar-refractivity contribution in [3.05, 3.63) is 28.5 Å². The Morgan fingerprint density at radius 1 is 1.40 bits per heavy atom. The quantitative estimate of drug-likeness (QED) is 0.757. The van der Waals surface area contributed by atoms with Gasteiger partial charge in [-0.3, -0.25) is 19.9 Å². The molecule has 1 aromatic rings. The van der Waals surface area contributed by atoms with Gasteiger partial charge in [-0.15, -0.1) is 0 Å². The first kappa shape index (κ1) is 16.5. The lowest BCUT2D eigenvalue weighted by Crippen LogP contribution is -2.52. The molecule has 8 heteroatoms. The summed E-state index contributed by atoms with van der Waals surface area (Å²) in [5.41, 5.74) is 3.06.